The highest BCUT2D eigenvalue weighted by Gasteiger charge is 2.35. The lowest BCUT2D eigenvalue weighted by molar-refractivity contribution is -0.119. The highest BCUT2D eigenvalue weighted by atomic mass is 16.1. The monoisotopic (exact) mass is 300 g/mol. The van der Waals surface area contributed by atoms with E-state index in [9.17, 15) is 4.79 Å². The number of nitrogens with one attached hydrogen (secondary N) is 1. The molecule has 3 rings (SSSR count). The van der Waals surface area contributed by atoms with Gasteiger partial charge in [0.25, 0.3) is 0 Å². The Bertz CT molecular complexity index is 592. The van der Waals surface area contributed by atoms with Gasteiger partial charge in [-0.05, 0) is 40.8 Å². The van der Waals surface area contributed by atoms with Gasteiger partial charge in [-0.1, -0.05) is 19.3 Å². The van der Waals surface area contributed by atoms with Crippen molar-refractivity contribution in [2.45, 2.75) is 45.1 Å². The summed E-state index contributed by atoms with van der Waals surface area (Å²) in [5, 5.41) is 14.3. The highest BCUT2D eigenvalue weighted by Crippen LogP contribution is 2.40. The number of anilines is 1. The predicted molar refractivity (Wildman–Crippen MR) is 80.8 cm³/mol. The number of carbonyl (C=O) groups is 1. The van der Waals surface area contributed by atoms with Gasteiger partial charge in [-0.25, -0.2) is 4.68 Å². The molecular formula is C15H20N6O. The van der Waals surface area contributed by atoms with Crippen molar-refractivity contribution in [1.82, 2.24) is 25.2 Å². The summed E-state index contributed by atoms with van der Waals surface area (Å²) in [4.78, 5) is 16.4. The van der Waals surface area contributed by atoms with Gasteiger partial charge in [-0.15, -0.1) is 5.10 Å². The first kappa shape index (κ1) is 14.6. The standard InChI is InChI=1S/C15H20N6O/c22-14(18-13-5-4-8-16-10-13)9-15(6-2-1-3-7-15)11-21-12-17-19-20-21/h4-5,8,10,12H,1-3,6-7,9,11H2,(H,18,22). The lowest BCUT2D eigenvalue weighted by atomic mass is 9.71. The van der Waals surface area contributed by atoms with Gasteiger partial charge in [0.15, 0.2) is 0 Å². The Labute approximate surface area is 129 Å². The summed E-state index contributed by atoms with van der Waals surface area (Å²) >= 11 is 0. The van der Waals surface area contributed by atoms with Crippen LogP contribution in [-0.2, 0) is 11.3 Å². The molecule has 1 N–H and O–H groups in total. The van der Waals surface area contributed by atoms with Crippen LogP contribution >= 0.6 is 0 Å². The molecule has 0 unspecified atom stereocenters. The van der Waals surface area contributed by atoms with Crippen molar-refractivity contribution >= 4 is 11.6 Å². The lowest BCUT2D eigenvalue weighted by Gasteiger charge is -2.36. The fraction of sp³-hybridized carbons (Fsp3) is 0.533. The van der Waals surface area contributed by atoms with E-state index in [1.165, 1.54) is 6.42 Å². The largest absolute Gasteiger partial charge is 0.325 e. The summed E-state index contributed by atoms with van der Waals surface area (Å²) in [5.41, 5.74) is 0.681. The molecule has 1 fully saturated rings. The zero-order valence-corrected chi connectivity index (χ0v) is 12.5. The molecule has 0 saturated heterocycles. The molecule has 22 heavy (non-hydrogen) atoms. The van der Waals surface area contributed by atoms with Gasteiger partial charge in [0.1, 0.15) is 6.33 Å². The first-order valence-corrected chi connectivity index (χ1v) is 7.66. The zero-order chi connectivity index (χ0) is 15.3. The number of pyridine rings is 1. The molecule has 7 nitrogen and oxygen atoms in total. The minimum Gasteiger partial charge on any atom is -0.325 e. The summed E-state index contributed by atoms with van der Waals surface area (Å²) in [5.74, 6) is 0.0305. The van der Waals surface area contributed by atoms with E-state index in [-0.39, 0.29) is 11.3 Å². The van der Waals surface area contributed by atoms with E-state index < -0.39 is 0 Å². The van der Waals surface area contributed by atoms with Crippen LogP contribution in [-0.4, -0.2) is 31.1 Å². The second kappa shape index (κ2) is 6.64. The summed E-state index contributed by atoms with van der Waals surface area (Å²) in [6, 6.07) is 3.66. The van der Waals surface area contributed by atoms with Crippen molar-refractivity contribution in [2.75, 3.05) is 5.32 Å². The van der Waals surface area contributed by atoms with Crippen molar-refractivity contribution < 1.29 is 4.79 Å². The average molecular weight is 300 g/mol. The fourth-order valence-electron chi connectivity index (χ4n) is 3.27. The molecule has 0 aromatic carbocycles. The summed E-state index contributed by atoms with van der Waals surface area (Å²) in [6.45, 7) is 0.695. The highest BCUT2D eigenvalue weighted by molar-refractivity contribution is 5.90. The Balaban J connectivity index is 1.68. The number of hydrogen-bond donors (Lipinski definition) is 1. The van der Waals surface area contributed by atoms with Crippen LogP contribution in [0.15, 0.2) is 30.9 Å². The molecule has 0 aliphatic heterocycles. The quantitative estimate of drug-likeness (QED) is 0.913. The molecular weight excluding hydrogens is 280 g/mol. The molecule has 0 spiro atoms. The van der Waals surface area contributed by atoms with Crippen LogP contribution in [0.1, 0.15) is 38.5 Å². The Morgan fingerprint density at radius 2 is 2.18 bits per heavy atom. The fourth-order valence-corrected chi connectivity index (χ4v) is 3.27. The van der Waals surface area contributed by atoms with E-state index in [0.29, 0.717) is 13.0 Å². The zero-order valence-electron chi connectivity index (χ0n) is 12.5. The molecule has 1 saturated carbocycles. The number of tetrazole rings is 1. The molecule has 0 bridgehead atoms. The number of hydrogen-bond acceptors (Lipinski definition) is 5. The van der Waals surface area contributed by atoms with Crippen molar-refractivity contribution in [3.63, 3.8) is 0 Å². The van der Waals surface area contributed by atoms with Gasteiger partial charge in [0.2, 0.25) is 5.91 Å². The second-order valence-corrected chi connectivity index (χ2v) is 6.03. The van der Waals surface area contributed by atoms with Crippen molar-refractivity contribution in [3.05, 3.63) is 30.9 Å². The van der Waals surface area contributed by atoms with Crippen LogP contribution in [0.4, 0.5) is 5.69 Å². The number of nitrogens with zero attached hydrogens (tertiary/aromatic N) is 5. The Hall–Kier alpha value is -2.31. The Morgan fingerprint density at radius 3 is 2.86 bits per heavy atom. The van der Waals surface area contributed by atoms with Crippen molar-refractivity contribution in [1.29, 1.82) is 0 Å². The van der Waals surface area contributed by atoms with Gasteiger partial charge in [-0.3, -0.25) is 9.78 Å². The first-order valence-electron chi connectivity index (χ1n) is 7.66. The van der Waals surface area contributed by atoms with Gasteiger partial charge in [0, 0.05) is 12.6 Å². The minimum atomic E-state index is -0.0556. The van der Waals surface area contributed by atoms with Gasteiger partial charge < -0.3 is 5.32 Å². The summed E-state index contributed by atoms with van der Waals surface area (Å²) < 4.78 is 1.74. The number of carbonyl (C=O) groups excluding carboxylic acids is 1. The smallest absolute Gasteiger partial charge is 0.225 e. The molecule has 2 aromatic heterocycles. The van der Waals surface area contributed by atoms with Crippen LogP contribution in [0.2, 0.25) is 0 Å². The topological polar surface area (TPSA) is 85.6 Å². The van der Waals surface area contributed by atoms with E-state index in [2.05, 4.69) is 25.8 Å². The maximum Gasteiger partial charge on any atom is 0.225 e. The molecule has 1 aliphatic carbocycles. The van der Waals surface area contributed by atoms with E-state index in [1.807, 2.05) is 12.1 Å². The third-order valence-corrected chi connectivity index (χ3v) is 4.28. The van der Waals surface area contributed by atoms with Crippen LogP contribution < -0.4 is 5.32 Å². The number of amides is 1. The van der Waals surface area contributed by atoms with E-state index in [4.69, 9.17) is 0 Å². The Kier molecular flexibility index (Phi) is 4.41. The molecule has 1 amide bonds. The maximum atomic E-state index is 12.4. The SMILES string of the molecule is O=C(CC1(Cn2cnnn2)CCCCC1)Nc1cccnc1. The van der Waals surface area contributed by atoms with E-state index in [0.717, 1.165) is 31.4 Å². The lowest BCUT2D eigenvalue weighted by Crippen LogP contribution is -2.34. The third-order valence-electron chi connectivity index (χ3n) is 4.28. The number of aromatic nitrogens is 5. The molecule has 116 valence electrons. The van der Waals surface area contributed by atoms with Gasteiger partial charge >= 0.3 is 0 Å². The van der Waals surface area contributed by atoms with Crippen LogP contribution in [0.25, 0.3) is 0 Å². The van der Waals surface area contributed by atoms with E-state index in [1.54, 1.807) is 23.4 Å². The Morgan fingerprint density at radius 1 is 1.32 bits per heavy atom. The van der Waals surface area contributed by atoms with Crippen molar-refractivity contribution in [2.24, 2.45) is 5.41 Å². The van der Waals surface area contributed by atoms with Gasteiger partial charge in [-0.2, -0.15) is 0 Å². The van der Waals surface area contributed by atoms with Crippen LogP contribution in [0.5, 0.6) is 0 Å². The molecule has 0 atom stereocenters. The summed E-state index contributed by atoms with van der Waals surface area (Å²) in [7, 11) is 0. The maximum absolute atomic E-state index is 12.4. The third kappa shape index (κ3) is 3.66. The molecule has 0 radical (unpaired) electrons. The molecule has 2 aromatic rings. The summed E-state index contributed by atoms with van der Waals surface area (Å²) in [6.07, 6.45) is 11.1. The predicted octanol–water partition coefficient (Wildman–Crippen LogP) is 2.05. The molecule has 7 heteroatoms. The van der Waals surface area contributed by atoms with Crippen LogP contribution in [0, 0.1) is 5.41 Å². The first-order chi connectivity index (χ1) is 10.8. The molecule has 1 aliphatic rings. The number of rotatable bonds is 5. The van der Waals surface area contributed by atoms with Crippen LogP contribution in [0.3, 0.4) is 0 Å². The second-order valence-electron chi connectivity index (χ2n) is 6.03. The van der Waals surface area contributed by atoms with Gasteiger partial charge in [0.05, 0.1) is 18.4 Å². The molecule has 2 heterocycles. The minimum absolute atomic E-state index is 0.0305. The van der Waals surface area contributed by atoms with Crippen molar-refractivity contribution in [3.8, 4) is 0 Å². The van der Waals surface area contributed by atoms with E-state index >= 15 is 0 Å². The average Bonchev–Trinajstić information content (AvgIpc) is 3.01. The normalized spacial score (nSPS) is 17.1.